The summed E-state index contributed by atoms with van der Waals surface area (Å²) in [7, 11) is 0. The molecule has 0 aromatic rings. The molecule has 0 aromatic heterocycles. The van der Waals surface area contributed by atoms with Crippen molar-refractivity contribution in [1.82, 2.24) is 4.90 Å². The number of nitrogens with zero attached hydrogens (tertiary/aromatic N) is 1. The summed E-state index contributed by atoms with van der Waals surface area (Å²) in [5, 5.41) is 0. The van der Waals surface area contributed by atoms with Crippen molar-refractivity contribution in [1.29, 1.82) is 0 Å². The van der Waals surface area contributed by atoms with Gasteiger partial charge in [-0.05, 0) is 32.4 Å². The van der Waals surface area contributed by atoms with E-state index in [4.69, 9.17) is 0 Å². The summed E-state index contributed by atoms with van der Waals surface area (Å²) in [6.45, 7) is 6.06. The molecule has 1 heterocycles. The summed E-state index contributed by atoms with van der Waals surface area (Å²) >= 11 is 0. The van der Waals surface area contributed by atoms with Gasteiger partial charge in [-0.15, -0.1) is 0 Å². The molecular formula is C10H16N. The molecule has 0 saturated carbocycles. The number of hydrogen-bond acceptors (Lipinski definition) is 1. The van der Waals surface area contributed by atoms with Gasteiger partial charge in [-0.25, -0.2) is 0 Å². The fourth-order valence-electron chi connectivity index (χ4n) is 1.25. The van der Waals surface area contributed by atoms with Gasteiger partial charge in [0.2, 0.25) is 0 Å². The third-order valence-electron chi connectivity index (χ3n) is 1.88. The van der Waals surface area contributed by atoms with Crippen LogP contribution in [0.3, 0.4) is 0 Å². The minimum atomic E-state index is 1.16. The summed E-state index contributed by atoms with van der Waals surface area (Å²) in [5.74, 6) is 0. The molecule has 0 N–H and O–H groups in total. The van der Waals surface area contributed by atoms with Crippen molar-refractivity contribution in [2.75, 3.05) is 13.1 Å². The average molecular weight is 150 g/mol. The number of rotatable bonds is 4. The first-order valence-electron chi connectivity index (χ1n) is 4.28. The van der Waals surface area contributed by atoms with Crippen LogP contribution in [0.15, 0.2) is 24.4 Å². The topological polar surface area (TPSA) is 3.24 Å². The minimum Gasteiger partial charge on any atom is -0.377 e. The summed E-state index contributed by atoms with van der Waals surface area (Å²) in [4.78, 5) is 2.37. The Kier molecular flexibility index (Phi) is 3.81. The van der Waals surface area contributed by atoms with Gasteiger partial charge in [-0.2, -0.15) is 0 Å². The zero-order chi connectivity index (χ0) is 7.94. The lowest BCUT2D eigenvalue weighted by Crippen LogP contribution is -2.15. The van der Waals surface area contributed by atoms with E-state index in [0.717, 1.165) is 6.42 Å². The molecule has 0 bridgehead atoms. The Morgan fingerprint density at radius 2 is 2.45 bits per heavy atom. The first-order chi connectivity index (χ1) is 5.43. The molecule has 0 aliphatic carbocycles. The van der Waals surface area contributed by atoms with E-state index in [0.29, 0.717) is 0 Å². The molecule has 0 unspecified atom stereocenters. The smallest absolute Gasteiger partial charge is 0.0207 e. The van der Waals surface area contributed by atoms with E-state index in [-0.39, 0.29) is 0 Å². The standard InChI is InChI=1S/C10H16N/c1-2-3-4-5-8-11-9-6-7-10-11/h2-3,6,9H,1,4-5,7-8,10H2. The summed E-state index contributed by atoms with van der Waals surface area (Å²) < 4.78 is 0. The molecule has 0 atom stereocenters. The van der Waals surface area contributed by atoms with Gasteiger partial charge in [0, 0.05) is 13.1 Å². The van der Waals surface area contributed by atoms with Gasteiger partial charge in [-0.3, -0.25) is 0 Å². The van der Waals surface area contributed by atoms with E-state index in [1.165, 1.54) is 25.9 Å². The molecule has 1 radical (unpaired) electrons. The monoisotopic (exact) mass is 150 g/mol. The Morgan fingerprint density at radius 1 is 1.55 bits per heavy atom. The third-order valence-corrected chi connectivity index (χ3v) is 1.88. The van der Waals surface area contributed by atoms with Gasteiger partial charge in [0.1, 0.15) is 0 Å². The maximum atomic E-state index is 3.65. The van der Waals surface area contributed by atoms with Gasteiger partial charge < -0.3 is 4.90 Å². The molecule has 0 fully saturated rings. The SMILES string of the molecule is [CH2]C=CCCCN1C=CCC1. The molecule has 0 amide bonds. The zero-order valence-electron chi connectivity index (χ0n) is 7.00. The molecular weight excluding hydrogens is 134 g/mol. The number of unbranched alkanes of at least 4 members (excludes halogenated alkanes) is 1. The lowest BCUT2D eigenvalue weighted by molar-refractivity contribution is 0.400. The van der Waals surface area contributed by atoms with Crippen LogP contribution in [0.4, 0.5) is 0 Å². The van der Waals surface area contributed by atoms with Crippen LogP contribution in [0.1, 0.15) is 19.3 Å². The van der Waals surface area contributed by atoms with Gasteiger partial charge in [0.15, 0.2) is 0 Å². The van der Waals surface area contributed by atoms with Crippen LogP contribution in [-0.4, -0.2) is 18.0 Å². The van der Waals surface area contributed by atoms with Gasteiger partial charge in [0.25, 0.3) is 0 Å². The first-order valence-corrected chi connectivity index (χ1v) is 4.28. The molecule has 1 rings (SSSR count). The highest BCUT2D eigenvalue weighted by atomic mass is 15.1. The second kappa shape index (κ2) is 5.00. The van der Waals surface area contributed by atoms with Crippen LogP contribution in [0.5, 0.6) is 0 Å². The largest absolute Gasteiger partial charge is 0.377 e. The third kappa shape index (κ3) is 3.26. The zero-order valence-corrected chi connectivity index (χ0v) is 7.00. The van der Waals surface area contributed by atoms with E-state index >= 15 is 0 Å². The van der Waals surface area contributed by atoms with Gasteiger partial charge in [0.05, 0.1) is 0 Å². The summed E-state index contributed by atoms with van der Waals surface area (Å²) in [6, 6.07) is 0. The van der Waals surface area contributed by atoms with Crippen LogP contribution in [-0.2, 0) is 0 Å². The Hall–Kier alpha value is -0.720. The van der Waals surface area contributed by atoms with Crippen molar-refractivity contribution in [2.45, 2.75) is 19.3 Å². The first kappa shape index (κ1) is 8.38. The molecule has 1 aliphatic heterocycles. The minimum absolute atomic E-state index is 1.16. The summed E-state index contributed by atoms with van der Waals surface area (Å²) in [5.41, 5.74) is 0. The van der Waals surface area contributed by atoms with Crippen molar-refractivity contribution < 1.29 is 0 Å². The van der Waals surface area contributed by atoms with Crippen LogP contribution < -0.4 is 0 Å². The lowest BCUT2D eigenvalue weighted by atomic mass is 10.3. The van der Waals surface area contributed by atoms with Crippen molar-refractivity contribution in [3.63, 3.8) is 0 Å². The second-order valence-electron chi connectivity index (χ2n) is 2.82. The average Bonchev–Trinajstić information content (AvgIpc) is 2.50. The Morgan fingerprint density at radius 3 is 3.09 bits per heavy atom. The quantitative estimate of drug-likeness (QED) is 0.556. The molecule has 0 aromatic carbocycles. The highest BCUT2D eigenvalue weighted by molar-refractivity contribution is 4.91. The van der Waals surface area contributed by atoms with E-state index in [2.05, 4.69) is 30.2 Å². The predicted octanol–water partition coefficient (Wildman–Crippen LogP) is 2.38. The second-order valence-corrected chi connectivity index (χ2v) is 2.82. The fraction of sp³-hybridized carbons (Fsp3) is 0.500. The molecule has 1 aliphatic rings. The maximum Gasteiger partial charge on any atom is 0.0207 e. The van der Waals surface area contributed by atoms with E-state index in [9.17, 15) is 0 Å². The highest BCUT2D eigenvalue weighted by Crippen LogP contribution is 2.05. The Balaban J connectivity index is 1.98. The van der Waals surface area contributed by atoms with Crippen molar-refractivity contribution >= 4 is 0 Å². The molecule has 1 nitrogen and oxygen atoms in total. The van der Waals surface area contributed by atoms with Gasteiger partial charge >= 0.3 is 0 Å². The van der Waals surface area contributed by atoms with Gasteiger partial charge in [-0.1, -0.05) is 18.2 Å². The lowest BCUT2D eigenvalue weighted by Gasteiger charge is -2.13. The van der Waals surface area contributed by atoms with Crippen LogP contribution >= 0.6 is 0 Å². The Bertz CT molecular complexity index is 147. The van der Waals surface area contributed by atoms with Crippen LogP contribution in [0.2, 0.25) is 0 Å². The summed E-state index contributed by atoms with van der Waals surface area (Å²) in [6.07, 6.45) is 12.1. The molecule has 0 spiro atoms. The normalized spacial score (nSPS) is 17.0. The highest BCUT2D eigenvalue weighted by Gasteiger charge is 2.01. The number of allylic oxidation sites excluding steroid dienone is 2. The predicted molar refractivity (Wildman–Crippen MR) is 49.1 cm³/mol. The molecule has 61 valence electrons. The van der Waals surface area contributed by atoms with Crippen molar-refractivity contribution in [3.05, 3.63) is 31.4 Å². The van der Waals surface area contributed by atoms with E-state index in [1.807, 2.05) is 6.08 Å². The van der Waals surface area contributed by atoms with Crippen LogP contribution in [0.25, 0.3) is 0 Å². The van der Waals surface area contributed by atoms with E-state index in [1.54, 1.807) is 0 Å². The van der Waals surface area contributed by atoms with Crippen molar-refractivity contribution in [3.8, 4) is 0 Å². The van der Waals surface area contributed by atoms with Crippen molar-refractivity contribution in [2.24, 2.45) is 0 Å². The number of hydrogen-bond donors (Lipinski definition) is 0. The van der Waals surface area contributed by atoms with E-state index < -0.39 is 0 Å². The molecule has 1 heteroatoms. The fourth-order valence-corrected chi connectivity index (χ4v) is 1.25. The Labute approximate surface area is 69.4 Å². The molecule has 0 saturated heterocycles. The molecule has 11 heavy (non-hydrogen) atoms. The maximum absolute atomic E-state index is 3.65. The van der Waals surface area contributed by atoms with Crippen LogP contribution in [0, 0.1) is 6.92 Å².